The maximum atomic E-state index is 12.1. The molecule has 0 unspecified atom stereocenters. The molecule has 5 heteroatoms. The number of amides is 1. The van der Waals surface area contributed by atoms with E-state index < -0.39 is 0 Å². The number of aromatic nitrogens is 3. The molecule has 0 atom stereocenters. The molecule has 3 rings (SSSR count). The summed E-state index contributed by atoms with van der Waals surface area (Å²) < 4.78 is 1.88. The van der Waals surface area contributed by atoms with E-state index in [1.54, 1.807) is 12.1 Å². The molecule has 1 N–H and O–H groups in total. The van der Waals surface area contributed by atoms with Crippen LogP contribution in [0.5, 0.6) is 0 Å². The maximum absolute atomic E-state index is 12.1. The van der Waals surface area contributed by atoms with Crippen LogP contribution in [0.1, 0.15) is 10.4 Å². The third-order valence-electron chi connectivity index (χ3n) is 2.93. The highest BCUT2D eigenvalue weighted by Gasteiger charge is 2.10. The van der Waals surface area contributed by atoms with E-state index in [-0.39, 0.29) is 5.91 Å². The second kappa shape index (κ2) is 4.53. The molecule has 0 saturated heterocycles. The average molecular weight is 252 g/mol. The Morgan fingerprint density at radius 1 is 1.16 bits per heavy atom. The topological polar surface area (TPSA) is 59.8 Å². The third-order valence-corrected chi connectivity index (χ3v) is 2.93. The molecule has 5 nitrogen and oxygen atoms in total. The van der Waals surface area contributed by atoms with Crippen molar-refractivity contribution in [3.8, 4) is 0 Å². The van der Waals surface area contributed by atoms with Crippen LogP contribution >= 0.6 is 0 Å². The first-order chi connectivity index (χ1) is 9.25. The number of hydrogen-bond acceptors (Lipinski definition) is 3. The zero-order valence-electron chi connectivity index (χ0n) is 10.4. The zero-order valence-corrected chi connectivity index (χ0v) is 10.4. The lowest BCUT2D eigenvalue weighted by Gasteiger charge is -2.05. The van der Waals surface area contributed by atoms with Gasteiger partial charge in [-0.1, -0.05) is 18.2 Å². The Bertz CT molecular complexity index is 734. The lowest BCUT2D eigenvalue weighted by molar-refractivity contribution is 0.102. The van der Waals surface area contributed by atoms with Crippen LogP contribution < -0.4 is 5.32 Å². The SMILES string of the molecule is Cn1ccc2c(NC(=O)c3ccccc3)ncnc21. The Labute approximate surface area is 109 Å². The minimum absolute atomic E-state index is 0.176. The van der Waals surface area contributed by atoms with Gasteiger partial charge < -0.3 is 9.88 Å². The fraction of sp³-hybridized carbons (Fsp3) is 0.0714. The number of nitrogens with zero attached hydrogens (tertiary/aromatic N) is 3. The van der Waals surface area contributed by atoms with Crippen LogP contribution in [0.4, 0.5) is 5.82 Å². The second-order valence-electron chi connectivity index (χ2n) is 4.21. The fourth-order valence-electron chi connectivity index (χ4n) is 1.95. The van der Waals surface area contributed by atoms with Gasteiger partial charge in [0.2, 0.25) is 0 Å². The molecule has 0 radical (unpaired) electrons. The lowest BCUT2D eigenvalue weighted by Crippen LogP contribution is -2.13. The van der Waals surface area contributed by atoms with Gasteiger partial charge in [0.15, 0.2) is 0 Å². The maximum Gasteiger partial charge on any atom is 0.256 e. The highest BCUT2D eigenvalue weighted by Crippen LogP contribution is 2.19. The Kier molecular flexibility index (Phi) is 2.72. The summed E-state index contributed by atoms with van der Waals surface area (Å²) in [5.74, 6) is 0.351. The Hall–Kier alpha value is -2.69. The summed E-state index contributed by atoms with van der Waals surface area (Å²) in [5, 5.41) is 3.64. The van der Waals surface area contributed by atoms with Gasteiger partial charge in [-0.05, 0) is 18.2 Å². The van der Waals surface area contributed by atoms with Gasteiger partial charge in [0, 0.05) is 18.8 Å². The molecule has 0 fully saturated rings. The first-order valence-corrected chi connectivity index (χ1v) is 5.88. The molecule has 0 aliphatic rings. The summed E-state index contributed by atoms with van der Waals surface area (Å²) in [4.78, 5) is 20.4. The molecule has 94 valence electrons. The molecule has 2 aromatic heterocycles. The largest absolute Gasteiger partial charge is 0.335 e. The van der Waals surface area contributed by atoms with Crippen molar-refractivity contribution in [3.05, 3.63) is 54.5 Å². The molecule has 0 saturated carbocycles. The molecule has 1 aromatic carbocycles. The number of hydrogen-bond donors (Lipinski definition) is 1. The number of nitrogens with one attached hydrogen (secondary N) is 1. The summed E-state index contributed by atoms with van der Waals surface area (Å²) in [6, 6.07) is 10.9. The van der Waals surface area contributed by atoms with E-state index in [9.17, 15) is 4.79 Å². The second-order valence-corrected chi connectivity index (χ2v) is 4.21. The molecule has 1 amide bonds. The van der Waals surface area contributed by atoms with Gasteiger partial charge >= 0.3 is 0 Å². The van der Waals surface area contributed by atoms with E-state index in [1.165, 1.54) is 6.33 Å². The fourth-order valence-corrected chi connectivity index (χ4v) is 1.95. The molecule has 2 heterocycles. The Balaban J connectivity index is 1.96. The molecule has 0 bridgehead atoms. The number of aryl methyl sites for hydroxylation is 1. The molecule has 19 heavy (non-hydrogen) atoms. The smallest absolute Gasteiger partial charge is 0.256 e. The van der Waals surface area contributed by atoms with Gasteiger partial charge in [-0.2, -0.15) is 0 Å². The first-order valence-electron chi connectivity index (χ1n) is 5.88. The predicted molar refractivity (Wildman–Crippen MR) is 72.9 cm³/mol. The van der Waals surface area contributed by atoms with Crippen LogP contribution in [0.25, 0.3) is 11.0 Å². The van der Waals surface area contributed by atoms with E-state index in [0.29, 0.717) is 11.4 Å². The van der Waals surface area contributed by atoms with Crippen molar-refractivity contribution in [1.82, 2.24) is 14.5 Å². The monoisotopic (exact) mass is 252 g/mol. The third kappa shape index (κ3) is 2.06. The summed E-state index contributed by atoms with van der Waals surface area (Å²) >= 11 is 0. The van der Waals surface area contributed by atoms with Crippen LogP contribution in [0, 0.1) is 0 Å². The molecular weight excluding hydrogens is 240 g/mol. The number of carbonyl (C=O) groups is 1. The average Bonchev–Trinajstić information content (AvgIpc) is 2.83. The summed E-state index contributed by atoms with van der Waals surface area (Å²) in [5.41, 5.74) is 1.39. The van der Waals surface area contributed by atoms with Crippen molar-refractivity contribution in [2.75, 3.05) is 5.32 Å². The first kappa shape index (κ1) is 11.4. The quantitative estimate of drug-likeness (QED) is 0.760. The van der Waals surface area contributed by atoms with Crippen LogP contribution in [0.2, 0.25) is 0 Å². The van der Waals surface area contributed by atoms with E-state index in [4.69, 9.17) is 0 Å². The van der Waals surface area contributed by atoms with Crippen molar-refractivity contribution in [3.63, 3.8) is 0 Å². The molecular formula is C14H12N4O. The van der Waals surface area contributed by atoms with Crippen molar-refractivity contribution in [2.45, 2.75) is 0 Å². The van der Waals surface area contributed by atoms with E-state index >= 15 is 0 Å². The van der Waals surface area contributed by atoms with Crippen molar-refractivity contribution >= 4 is 22.8 Å². The van der Waals surface area contributed by atoms with Crippen molar-refractivity contribution in [1.29, 1.82) is 0 Å². The summed E-state index contributed by atoms with van der Waals surface area (Å²) in [7, 11) is 1.90. The highest BCUT2D eigenvalue weighted by molar-refractivity contribution is 6.07. The molecule has 0 aliphatic heterocycles. The number of anilines is 1. The molecule has 0 spiro atoms. The van der Waals surface area contributed by atoms with Gasteiger partial charge in [0.05, 0.1) is 5.39 Å². The van der Waals surface area contributed by atoms with Gasteiger partial charge in [0.1, 0.15) is 17.8 Å². The summed E-state index contributed by atoms with van der Waals surface area (Å²) in [6.07, 6.45) is 3.33. The molecule has 0 aliphatic carbocycles. The molecule has 3 aromatic rings. The Morgan fingerprint density at radius 3 is 2.74 bits per heavy atom. The van der Waals surface area contributed by atoms with E-state index in [2.05, 4.69) is 15.3 Å². The highest BCUT2D eigenvalue weighted by atomic mass is 16.1. The van der Waals surface area contributed by atoms with Crippen LogP contribution in [0.3, 0.4) is 0 Å². The van der Waals surface area contributed by atoms with Crippen LogP contribution in [-0.4, -0.2) is 20.4 Å². The Morgan fingerprint density at radius 2 is 1.95 bits per heavy atom. The summed E-state index contributed by atoms with van der Waals surface area (Å²) in [6.45, 7) is 0. The van der Waals surface area contributed by atoms with Crippen LogP contribution in [0.15, 0.2) is 48.9 Å². The minimum Gasteiger partial charge on any atom is -0.335 e. The van der Waals surface area contributed by atoms with E-state index in [1.807, 2.05) is 42.1 Å². The number of fused-ring (bicyclic) bond motifs is 1. The van der Waals surface area contributed by atoms with Gasteiger partial charge in [0.25, 0.3) is 5.91 Å². The van der Waals surface area contributed by atoms with Crippen molar-refractivity contribution in [2.24, 2.45) is 7.05 Å². The number of carbonyl (C=O) groups excluding carboxylic acids is 1. The minimum atomic E-state index is -0.176. The zero-order chi connectivity index (χ0) is 13.2. The van der Waals surface area contributed by atoms with Gasteiger partial charge in [-0.25, -0.2) is 9.97 Å². The van der Waals surface area contributed by atoms with Gasteiger partial charge in [-0.15, -0.1) is 0 Å². The van der Waals surface area contributed by atoms with Crippen LogP contribution in [-0.2, 0) is 7.05 Å². The normalized spacial score (nSPS) is 10.6. The van der Waals surface area contributed by atoms with E-state index in [0.717, 1.165) is 11.0 Å². The predicted octanol–water partition coefficient (Wildman–Crippen LogP) is 2.22. The van der Waals surface area contributed by atoms with Crippen molar-refractivity contribution < 1.29 is 4.79 Å². The number of benzene rings is 1. The lowest BCUT2D eigenvalue weighted by atomic mass is 10.2. The number of rotatable bonds is 2. The standard InChI is InChI=1S/C14H12N4O/c1-18-8-7-11-12(15-9-16-13(11)18)17-14(19)10-5-3-2-4-6-10/h2-9H,1H3,(H,15,16,17,19). The van der Waals surface area contributed by atoms with Gasteiger partial charge in [-0.3, -0.25) is 4.79 Å².